The molecule has 128 valence electrons. The number of pyridine rings is 1. The van der Waals surface area contributed by atoms with Gasteiger partial charge in [0.25, 0.3) is 5.56 Å². The molecule has 0 unspecified atom stereocenters. The maximum Gasteiger partial charge on any atom is 0.421 e. The second kappa shape index (κ2) is 6.96. The smallest absolute Gasteiger partial charge is 0.421 e. The van der Waals surface area contributed by atoms with Crippen molar-refractivity contribution in [3.63, 3.8) is 0 Å². The van der Waals surface area contributed by atoms with E-state index in [1.807, 2.05) is 0 Å². The van der Waals surface area contributed by atoms with Gasteiger partial charge in [-0.2, -0.15) is 13.2 Å². The van der Waals surface area contributed by atoms with E-state index < -0.39 is 29.8 Å². The number of carbonyl (C=O) groups excluding carboxylic acids is 1. The van der Waals surface area contributed by atoms with Crippen molar-refractivity contribution >= 4 is 23.2 Å². The van der Waals surface area contributed by atoms with Gasteiger partial charge in [-0.1, -0.05) is 11.6 Å². The number of nitrogens with one attached hydrogen (secondary N) is 1. The molecule has 1 aromatic heterocycles. The van der Waals surface area contributed by atoms with Crippen molar-refractivity contribution < 1.29 is 22.7 Å². The number of hydrogen-bond acceptors (Lipinski definition) is 3. The lowest BCUT2D eigenvalue weighted by Gasteiger charge is -2.11. The van der Waals surface area contributed by atoms with Gasteiger partial charge in [0.2, 0.25) is 5.91 Å². The zero-order chi connectivity index (χ0) is 17.9. The lowest BCUT2D eigenvalue weighted by Crippen LogP contribution is -2.31. The first-order valence-electron chi connectivity index (χ1n) is 6.62. The SMILES string of the molecule is COc1ccc(NC(=O)Cn2cccc(C(F)(F)F)c2=O)cc1Cl. The maximum atomic E-state index is 12.7. The Hall–Kier alpha value is -2.48. The van der Waals surface area contributed by atoms with E-state index in [2.05, 4.69) is 5.32 Å². The molecule has 5 nitrogen and oxygen atoms in total. The Morgan fingerprint density at radius 2 is 2.04 bits per heavy atom. The third kappa shape index (κ3) is 4.08. The van der Waals surface area contributed by atoms with Crippen LogP contribution in [-0.4, -0.2) is 17.6 Å². The number of benzene rings is 1. The minimum Gasteiger partial charge on any atom is -0.495 e. The number of carbonyl (C=O) groups is 1. The monoisotopic (exact) mass is 360 g/mol. The third-order valence-electron chi connectivity index (χ3n) is 3.08. The van der Waals surface area contributed by atoms with Gasteiger partial charge in [0.15, 0.2) is 0 Å². The average molecular weight is 361 g/mol. The standard InChI is InChI=1S/C15H12ClF3N2O3/c1-24-12-5-4-9(7-11(12)16)20-13(22)8-21-6-2-3-10(14(21)23)15(17,18)19/h2-7H,8H2,1H3,(H,20,22). The molecule has 0 atom stereocenters. The summed E-state index contributed by atoms with van der Waals surface area (Å²) < 4.78 is 43.7. The summed E-state index contributed by atoms with van der Waals surface area (Å²) in [6, 6.07) is 6.18. The maximum absolute atomic E-state index is 12.7. The molecule has 24 heavy (non-hydrogen) atoms. The summed E-state index contributed by atoms with van der Waals surface area (Å²) in [4.78, 5) is 23.7. The molecule has 1 N–H and O–H groups in total. The Labute approximate surface area is 139 Å². The van der Waals surface area contributed by atoms with E-state index in [9.17, 15) is 22.8 Å². The number of nitrogens with zero attached hydrogens (tertiary/aromatic N) is 1. The molecule has 0 saturated heterocycles. The highest BCUT2D eigenvalue weighted by Gasteiger charge is 2.34. The van der Waals surface area contributed by atoms with Gasteiger partial charge >= 0.3 is 6.18 Å². The van der Waals surface area contributed by atoms with Crippen LogP contribution < -0.4 is 15.6 Å². The number of halogens is 4. The molecular weight excluding hydrogens is 349 g/mol. The molecule has 0 aliphatic rings. The number of hydrogen-bond donors (Lipinski definition) is 1. The van der Waals surface area contributed by atoms with Crippen molar-refractivity contribution in [1.29, 1.82) is 0 Å². The molecule has 2 rings (SSSR count). The predicted molar refractivity (Wildman–Crippen MR) is 82.3 cm³/mol. The normalized spacial score (nSPS) is 11.2. The van der Waals surface area contributed by atoms with E-state index in [-0.39, 0.29) is 5.02 Å². The number of anilines is 1. The summed E-state index contributed by atoms with van der Waals surface area (Å²) in [6.45, 7) is -0.563. The number of amides is 1. The highest BCUT2D eigenvalue weighted by atomic mass is 35.5. The molecule has 0 radical (unpaired) electrons. The zero-order valence-corrected chi connectivity index (χ0v) is 13.1. The lowest BCUT2D eigenvalue weighted by molar-refractivity contribution is -0.139. The van der Waals surface area contributed by atoms with Crippen LogP contribution in [0.15, 0.2) is 41.3 Å². The molecular formula is C15H12ClF3N2O3. The summed E-state index contributed by atoms with van der Waals surface area (Å²) in [7, 11) is 1.43. The molecule has 2 aromatic rings. The first-order valence-corrected chi connectivity index (χ1v) is 7.00. The van der Waals surface area contributed by atoms with Gasteiger partial charge in [-0.25, -0.2) is 0 Å². The molecule has 1 aromatic carbocycles. The van der Waals surface area contributed by atoms with Crippen molar-refractivity contribution in [2.75, 3.05) is 12.4 Å². The summed E-state index contributed by atoms with van der Waals surface area (Å²) in [5.41, 5.74) is -2.29. The van der Waals surface area contributed by atoms with Gasteiger partial charge in [0.1, 0.15) is 17.9 Å². The van der Waals surface area contributed by atoms with Crippen LogP contribution in [0.1, 0.15) is 5.56 Å². The van der Waals surface area contributed by atoms with E-state index >= 15 is 0 Å². The molecule has 1 amide bonds. The third-order valence-corrected chi connectivity index (χ3v) is 3.37. The first-order chi connectivity index (χ1) is 11.2. The minimum absolute atomic E-state index is 0.256. The summed E-state index contributed by atoms with van der Waals surface area (Å²) in [6.07, 6.45) is -3.67. The molecule has 0 spiro atoms. The topological polar surface area (TPSA) is 60.3 Å². The number of ether oxygens (including phenoxy) is 1. The van der Waals surface area contributed by atoms with Gasteiger partial charge < -0.3 is 14.6 Å². The van der Waals surface area contributed by atoms with Gasteiger partial charge in [0, 0.05) is 11.9 Å². The van der Waals surface area contributed by atoms with E-state index in [0.29, 0.717) is 22.1 Å². The summed E-state index contributed by atoms with van der Waals surface area (Å²) in [5, 5.41) is 2.70. The predicted octanol–water partition coefficient (Wildman–Crippen LogP) is 3.17. The molecule has 0 fully saturated rings. The number of aromatic nitrogens is 1. The summed E-state index contributed by atoms with van der Waals surface area (Å²) in [5.74, 6) is -0.263. The number of methoxy groups -OCH3 is 1. The highest BCUT2D eigenvalue weighted by Crippen LogP contribution is 2.27. The van der Waals surface area contributed by atoms with E-state index in [4.69, 9.17) is 16.3 Å². The van der Waals surface area contributed by atoms with Gasteiger partial charge in [-0.05, 0) is 30.3 Å². The fraction of sp³-hybridized carbons (Fsp3) is 0.200. The van der Waals surface area contributed by atoms with Crippen LogP contribution in [0.5, 0.6) is 5.75 Å². The minimum atomic E-state index is -4.78. The average Bonchev–Trinajstić information content (AvgIpc) is 2.48. The fourth-order valence-corrected chi connectivity index (χ4v) is 2.23. The molecule has 0 aliphatic carbocycles. The van der Waals surface area contributed by atoms with Gasteiger partial charge in [-0.15, -0.1) is 0 Å². The van der Waals surface area contributed by atoms with Crippen molar-refractivity contribution in [2.24, 2.45) is 0 Å². The van der Waals surface area contributed by atoms with Crippen molar-refractivity contribution in [3.05, 3.63) is 57.5 Å². The quantitative estimate of drug-likeness (QED) is 0.911. The molecule has 9 heteroatoms. The fourth-order valence-electron chi connectivity index (χ4n) is 1.98. The molecule has 0 saturated carbocycles. The lowest BCUT2D eigenvalue weighted by atomic mass is 10.2. The van der Waals surface area contributed by atoms with Crippen LogP contribution >= 0.6 is 11.6 Å². The Bertz CT molecular complexity index is 818. The van der Waals surface area contributed by atoms with E-state index in [1.54, 1.807) is 0 Å². The van der Waals surface area contributed by atoms with Crippen LogP contribution in [0.25, 0.3) is 0 Å². The van der Waals surface area contributed by atoms with Crippen molar-refractivity contribution in [1.82, 2.24) is 4.57 Å². The number of alkyl halides is 3. The van der Waals surface area contributed by atoms with Crippen molar-refractivity contribution in [2.45, 2.75) is 12.7 Å². The molecule has 0 bridgehead atoms. The van der Waals surface area contributed by atoms with E-state index in [1.165, 1.54) is 25.3 Å². The van der Waals surface area contributed by atoms with Crippen LogP contribution in [0, 0.1) is 0 Å². The van der Waals surface area contributed by atoms with Crippen LogP contribution in [-0.2, 0) is 17.5 Å². The molecule has 0 aliphatic heterocycles. The van der Waals surface area contributed by atoms with Crippen LogP contribution in [0.4, 0.5) is 18.9 Å². The first kappa shape index (κ1) is 17.9. The van der Waals surface area contributed by atoms with Gasteiger partial charge in [-0.3, -0.25) is 9.59 Å². The number of rotatable bonds is 4. The second-order valence-electron chi connectivity index (χ2n) is 4.75. The Morgan fingerprint density at radius 3 is 2.62 bits per heavy atom. The second-order valence-corrected chi connectivity index (χ2v) is 5.16. The Morgan fingerprint density at radius 1 is 1.33 bits per heavy atom. The Balaban J connectivity index is 2.16. The van der Waals surface area contributed by atoms with Gasteiger partial charge in [0.05, 0.1) is 12.1 Å². The van der Waals surface area contributed by atoms with Crippen LogP contribution in [0.3, 0.4) is 0 Å². The van der Waals surface area contributed by atoms with Crippen molar-refractivity contribution in [3.8, 4) is 5.75 Å². The highest BCUT2D eigenvalue weighted by molar-refractivity contribution is 6.32. The molecule has 1 heterocycles. The summed E-state index contributed by atoms with van der Waals surface area (Å²) >= 11 is 5.91. The largest absolute Gasteiger partial charge is 0.495 e. The Kier molecular flexibility index (Phi) is 5.18. The zero-order valence-electron chi connectivity index (χ0n) is 12.4. The van der Waals surface area contributed by atoms with Crippen LogP contribution in [0.2, 0.25) is 5.02 Å². The van der Waals surface area contributed by atoms with E-state index in [0.717, 1.165) is 12.3 Å².